The van der Waals surface area contributed by atoms with Crippen molar-refractivity contribution in [2.75, 3.05) is 11.8 Å². The minimum absolute atomic E-state index is 0.221. The van der Waals surface area contributed by atoms with Crippen LogP contribution >= 0.6 is 0 Å². The Morgan fingerprint density at radius 1 is 1.04 bits per heavy atom. The van der Waals surface area contributed by atoms with E-state index >= 15 is 0 Å². The quantitative estimate of drug-likeness (QED) is 0.723. The summed E-state index contributed by atoms with van der Waals surface area (Å²) in [7, 11) is -2.15. The molecule has 130 valence electrons. The van der Waals surface area contributed by atoms with Crippen LogP contribution < -0.4 is 9.46 Å². The van der Waals surface area contributed by atoms with Crippen molar-refractivity contribution >= 4 is 15.7 Å². The lowest BCUT2D eigenvalue weighted by atomic mass is 10.1. The van der Waals surface area contributed by atoms with E-state index in [0.717, 1.165) is 11.3 Å². The summed E-state index contributed by atoms with van der Waals surface area (Å²) in [6.45, 7) is 3.71. The number of aryl methyl sites for hydroxylation is 2. The van der Waals surface area contributed by atoms with Crippen LogP contribution in [0.3, 0.4) is 0 Å². The SMILES string of the molecule is COc1cc(C)c(S(=O)(=O)Nc2ccc(C)cc2)cc1-c1ccc[nH]1. The summed E-state index contributed by atoms with van der Waals surface area (Å²) in [5, 5.41) is 0. The normalized spacial score (nSPS) is 11.3. The summed E-state index contributed by atoms with van der Waals surface area (Å²) in [6.07, 6.45) is 1.79. The number of aromatic amines is 1. The molecule has 0 fully saturated rings. The molecule has 0 spiro atoms. The standard InChI is InChI=1S/C19H20N2O3S/c1-13-6-8-15(9-7-13)21-25(22,23)19-12-16(17-5-4-10-20-17)18(24-3)11-14(19)2/h4-12,20-21H,1-3H3. The monoisotopic (exact) mass is 356 g/mol. The van der Waals surface area contributed by atoms with E-state index in [9.17, 15) is 8.42 Å². The number of aromatic nitrogens is 1. The highest BCUT2D eigenvalue weighted by Crippen LogP contribution is 2.34. The van der Waals surface area contributed by atoms with Gasteiger partial charge in [0.1, 0.15) is 5.75 Å². The molecule has 0 bridgehead atoms. The zero-order valence-electron chi connectivity index (χ0n) is 14.3. The molecule has 6 heteroatoms. The molecule has 3 aromatic rings. The molecular formula is C19H20N2O3S. The van der Waals surface area contributed by atoms with E-state index in [-0.39, 0.29) is 4.90 Å². The van der Waals surface area contributed by atoms with Crippen molar-refractivity contribution in [2.24, 2.45) is 0 Å². The first-order chi connectivity index (χ1) is 11.9. The lowest BCUT2D eigenvalue weighted by Gasteiger charge is -2.15. The van der Waals surface area contributed by atoms with Crippen molar-refractivity contribution in [1.29, 1.82) is 0 Å². The summed E-state index contributed by atoms with van der Waals surface area (Å²) in [5.74, 6) is 0.620. The number of H-pyrrole nitrogens is 1. The third-order valence-corrected chi connectivity index (χ3v) is 5.50. The Morgan fingerprint density at radius 2 is 1.76 bits per heavy atom. The van der Waals surface area contributed by atoms with Gasteiger partial charge in [-0.2, -0.15) is 0 Å². The van der Waals surface area contributed by atoms with E-state index in [1.807, 2.05) is 31.2 Å². The van der Waals surface area contributed by atoms with Gasteiger partial charge in [-0.1, -0.05) is 17.7 Å². The molecule has 5 nitrogen and oxygen atoms in total. The third kappa shape index (κ3) is 3.53. The Labute approximate surface area is 147 Å². The molecule has 0 unspecified atom stereocenters. The van der Waals surface area contributed by atoms with E-state index in [1.165, 1.54) is 0 Å². The molecule has 1 aromatic heterocycles. The van der Waals surface area contributed by atoms with E-state index in [0.29, 0.717) is 22.6 Å². The Balaban J connectivity index is 2.06. The molecule has 0 saturated heterocycles. The number of sulfonamides is 1. The molecule has 0 aliphatic carbocycles. The highest BCUT2D eigenvalue weighted by molar-refractivity contribution is 7.92. The zero-order chi connectivity index (χ0) is 18.0. The molecule has 0 radical (unpaired) electrons. The summed E-state index contributed by atoms with van der Waals surface area (Å²) >= 11 is 0. The third-order valence-electron chi connectivity index (χ3n) is 3.98. The molecule has 0 saturated carbocycles. The Bertz CT molecular complexity index is 976. The van der Waals surface area contributed by atoms with Crippen molar-refractivity contribution < 1.29 is 13.2 Å². The predicted molar refractivity (Wildman–Crippen MR) is 99.5 cm³/mol. The van der Waals surface area contributed by atoms with Gasteiger partial charge in [-0.25, -0.2) is 8.42 Å². The highest BCUT2D eigenvalue weighted by Gasteiger charge is 2.21. The summed E-state index contributed by atoms with van der Waals surface area (Å²) in [4.78, 5) is 3.31. The van der Waals surface area contributed by atoms with Crippen molar-refractivity contribution in [2.45, 2.75) is 18.7 Å². The number of methoxy groups -OCH3 is 1. The number of rotatable bonds is 5. The van der Waals surface area contributed by atoms with Gasteiger partial charge in [0.05, 0.1) is 12.0 Å². The molecule has 3 rings (SSSR count). The van der Waals surface area contributed by atoms with Gasteiger partial charge in [-0.05, 0) is 55.8 Å². The van der Waals surface area contributed by atoms with Crippen LogP contribution in [0.25, 0.3) is 11.3 Å². The van der Waals surface area contributed by atoms with Gasteiger partial charge in [0.15, 0.2) is 0 Å². The lowest BCUT2D eigenvalue weighted by molar-refractivity contribution is 0.415. The Kier molecular flexibility index (Phi) is 4.55. The molecule has 0 aliphatic heterocycles. The van der Waals surface area contributed by atoms with E-state index < -0.39 is 10.0 Å². The van der Waals surface area contributed by atoms with Gasteiger partial charge in [0.25, 0.3) is 10.0 Å². The van der Waals surface area contributed by atoms with Crippen LogP contribution in [0, 0.1) is 13.8 Å². The van der Waals surface area contributed by atoms with Crippen molar-refractivity contribution in [3.8, 4) is 17.0 Å². The van der Waals surface area contributed by atoms with E-state index in [4.69, 9.17) is 4.74 Å². The topological polar surface area (TPSA) is 71.2 Å². The first-order valence-corrected chi connectivity index (χ1v) is 9.31. The fourth-order valence-electron chi connectivity index (χ4n) is 2.66. The first kappa shape index (κ1) is 17.1. The summed E-state index contributed by atoms with van der Waals surface area (Å²) in [5.41, 5.74) is 3.71. The van der Waals surface area contributed by atoms with Crippen LogP contribution in [0.2, 0.25) is 0 Å². The van der Waals surface area contributed by atoms with Gasteiger partial charge in [0, 0.05) is 23.1 Å². The van der Waals surface area contributed by atoms with Crippen molar-refractivity contribution in [3.63, 3.8) is 0 Å². The second-order valence-corrected chi connectivity index (χ2v) is 7.52. The van der Waals surface area contributed by atoms with Crippen molar-refractivity contribution in [1.82, 2.24) is 4.98 Å². The number of hydrogen-bond donors (Lipinski definition) is 2. The maximum atomic E-state index is 12.9. The van der Waals surface area contributed by atoms with Gasteiger partial charge in [-0.15, -0.1) is 0 Å². The minimum Gasteiger partial charge on any atom is -0.496 e. The van der Waals surface area contributed by atoms with Gasteiger partial charge in [-0.3, -0.25) is 4.72 Å². The molecule has 0 atom stereocenters. The van der Waals surface area contributed by atoms with Crippen LogP contribution in [0.4, 0.5) is 5.69 Å². The Hall–Kier alpha value is -2.73. The largest absolute Gasteiger partial charge is 0.496 e. The molecule has 2 aromatic carbocycles. The molecule has 0 amide bonds. The Morgan fingerprint density at radius 3 is 2.36 bits per heavy atom. The number of anilines is 1. The van der Waals surface area contributed by atoms with Crippen molar-refractivity contribution in [3.05, 3.63) is 65.9 Å². The lowest BCUT2D eigenvalue weighted by Crippen LogP contribution is -2.14. The first-order valence-electron chi connectivity index (χ1n) is 7.82. The number of ether oxygens (including phenoxy) is 1. The van der Waals surface area contributed by atoms with Gasteiger partial charge >= 0.3 is 0 Å². The van der Waals surface area contributed by atoms with Crippen LogP contribution in [-0.2, 0) is 10.0 Å². The minimum atomic E-state index is -3.71. The van der Waals surface area contributed by atoms with Crippen LogP contribution in [-0.4, -0.2) is 20.5 Å². The van der Waals surface area contributed by atoms with Gasteiger partial charge < -0.3 is 9.72 Å². The smallest absolute Gasteiger partial charge is 0.262 e. The molecule has 0 aliphatic rings. The van der Waals surface area contributed by atoms with Gasteiger partial charge in [0.2, 0.25) is 0 Å². The number of hydrogen-bond acceptors (Lipinski definition) is 3. The highest BCUT2D eigenvalue weighted by atomic mass is 32.2. The van der Waals surface area contributed by atoms with E-state index in [1.54, 1.807) is 44.5 Å². The maximum Gasteiger partial charge on any atom is 0.262 e. The molecule has 2 N–H and O–H groups in total. The molecule has 25 heavy (non-hydrogen) atoms. The zero-order valence-corrected chi connectivity index (χ0v) is 15.1. The number of nitrogens with one attached hydrogen (secondary N) is 2. The maximum absolute atomic E-state index is 12.9. The fourth-order valence-corrected chi connectivity index (χ4v) is 3.97. The van der Waals surface area contributed by atoms with Crippen LogP contribution in [0.5, 0.6) is 5.75 Å². The second-order valence-electron chi connectivity index (χ2n) is 5.87. The second kappa shape index (κ2) is 6.64. The average molecular weight is 356 g/mol. The summed E-state index contributed by atoms with van der Waals surface area (Å²) < 4.78 is 33.8. The predicted octanol–water partition coefficient (Wildman–Crippen LogP) is 4.11. The van der Waals surface area contributed by atoms with Crippen LogP contribution in [0.15, 0.2) is 59.6 Å². The average Bonchev–Trinajstić information content (AvgIpc) is 3.10. The molecule has 1 heterocycles. The van der Waals surface area contributed by atoms with E-state index in [2.05, 4.69) is 9.71 Å². The van der Waals surface area contributed by atoms with Crippen LogP contribution in [0.1, 0.15) is 11.1 Å². The molecular weight excluding hydrogens is 336 g/mol. The fraction of sp³-hybridized carbons (Fsp3) is 0.158. The number of benzene rings is 2. The summed E-state index contributed by atoms with van der Waals surface area (Å²) in [6, 6.07) is 14.3.